The summed E-state index contributed by atoms with van der Waals surface area (Å²) in [4.78, 5) is 28.6. The molecule has 2 unspecified atom stereocenters. The van der Waals surface area contributed by atoms with Gasteiger partial charge < -0.3 is 19.3 Å². The average molecular weight is 589 g/mol. The first-order valence-corrected chi connectivity index (χ1v) is 15.4. The first-order valence-electron chi connectivity index (χ1n) is 14.6. The Kier molecular flexibility index (Phi) is 8.58. The molecule has 2 amide bonds. The predicted octanol–water partition coefficient (Wildman–Crippen LogP) is 5.53. The SMILES string of the molecule is COc1cc(CC2c3ccc(O)cc3SC2c2ccc(OCCN3CCCC3)cc2)ccc1OCN1C(=O)CCC1=O. The topological polar surface area (TPSA) is 88.5 Å². The van der Waals surface area contributed by atoms with Crippen molar-refractivity contribution in [2.45, 2.75) is 48.2 Å². The normalized spacial score (nSPS) is 20.3. The average Bonchev–Trinajstić information content (AvgIpc) is 3.72. The van der Waals surface area contributed by atoms with Gasteiger partial charge in [0.15, 0.2) is 18.2 Å². The van der Waals surface area contributed by atoms with E-state index in [4.69, 9.17) is 14.2 Å². The number of hydrogen-bond acceptors (Lipinski definition) is 8. The molecule has 0 saturated carbocycles. The molecule has 3 aliphatic heterocycles. The van der Waals surface area contributed by atoms with Crippen LogP contribution >= 0.6 is 11.8 Å². The zero-order chi connectivity index (χ0) is 29.1. The summed E-state index contributed by atoms with van der Waals surface area (Å²) < 4.78 is 17.5. The van der Waals surface area contributed by atoms with Crippen molar-refractivity contribution >= 4 is 23.6 Å². The monoisotopic (exact) mass is 588 g/mol. The molecule has 0 aliphatic carbocycles. The fourth-order valence-electron chi connectivity index (χ4n) is 6.00. The lowest BCUT2D eigenvalue weighted by atomic mass is 9.86. The van der Waals surface area contributed by atoms with Gasteiger partial charge in [-0.2, -0.15) is 0 Å². The number of nitrogens with zero attached hydrogens (tertiary/aromatic N) is 2. The lowest BCUT2D eigenvalue weighted by Gasteiger charge is -2.22. The molecule has 3 aromatic carbocycles. The minimum Gasteiger partial charge on any atom is -0.508 e. The van der Waals surface area contributed by atoms with E-state index in [-0.39, 0.29) is 48.3 Å². The molecule has 42 heavy (non-hydrogen) atoms. The van der Waals surface area contributed by atoms with Crippen molar-refractivity contribution < 1.29 is 28.9 Å². The molecule has 3 heterocycles. The summed E-state index contributed by atoms with van der Waals surface area (Å²) in [6.45, 7) is 3.87. The number of phenolic OH excluding ortho intramolecular Hbond substituents is 1. The molecule has 2 saturated heterocycles. The second-order valence-corrected chi connectivity index (χ2v) is 12.2. The van der Waals surface area contributed by atoms with Crippen molar-refractivity contribution in [3.63, 3.8) is 0 Å². The van der Waals surface area contributed by atoms with E-state index in [1.807, 2.05) is 30.3 Å². The fraction of sp³-hybridized carbons (Fsp3) is 0.394. The quantitative estimate of drug-likeness (QED) is 0.293. The maximum atomic E-state index is 12.0. The van der Waals surface area contributed by atoms with Crippen LogP contribution in [-0.2, 0) is 16.0 Å². The molecule has 0 bridgehead atoms. The van der Waals surface area contributed by atoms with Crippen molar-refractivity contribution in [3.8, 4) is 23.0 Å². The standard InChI is InChI=1S/C33H36N2O6S/c1-39-29-19-22(4-11-28(29)41-21-35-31(37)12-13-32(35)38)18-27-26-10-7-24(36)20-30(26)42-33(27)23-5-8-25(9-6-23)40-17-16-34-14-2-3-15-34/h4-11,19-20,27,33,36H,2-3,12-18,21H2,1H3. The number of thioether (sulfide) groups is 1. The number of likely N-dealkylation sites (tertiary alicyclic amines) is 2. The highest BCUT2D eigenvalue weighted by molar-refractivity contribution is 8.00. The van der Waals surface area contributed by atoms with Crippen LogP contribution in [-0.4, -0.2) is 66.8 Å². The zero-order valence-electron chi connectivity index (χ0n) is 23.8. The van der Waals surface area contributed by atoms with E-state index in [0.717, 1.165) is 34.1 Å². The number of ether oxygens (including phenoxy) is 3. The maximum absolute atomic E-state index is 12.0. The molecule has 9 heteroatoms. The van der Waals surface area contributed by atoms with Crippen LogP contribution in [0.4, 0.5) is 0 Å². The van der Waals surface area contributed by atoms with Crippen molar-refractivity contribution in [1.29, 1.82) is 0 Å². The van der Waals surface area contributed by atoms with E-state index in [1.54, 1.807) is 24.9 Å². The number of aromatic hydroxyl groups is 1. The van der Waals surface area contributed by atoms with Gasteiger partial charge in [-0.25, -0.2) is 4.90 Å². The highest BCUT2D eigenvalue weighted by Gasteiger charge is 2.35. The molecule has 0 aromatic heterocycles. The molecular weight excluding hydrogens is 552 g/mol. The van der Waals surface area contributed by atoms with E-state index in [0.29, 0.717) is 18.1 Å². The molecule has 0 spiro atoms. The Bertz CT molecular complexity index is 1420. The smallest absolute Gasteiger partial charge is 0.232 e. The Hall–Kier alpha value is -3.69. The summed E-state index contributed by atoms with van der Waals surface area (Å²) >= 11 is 1.77. The third kappa shape index (κ3) is 6.22. The number of phenols is 1. The van der Waals surface area contributed by atoms with Gasteiger partial charge in [0.05, 0.1) is 7.11 Å². The van der Waals surface area contributed by atoms with Crippen molar-refractivity contribution in [3.05, 3.63) is 77.4 Å². The van der Waals surface area contributed by atoms with E-state index in [9.17, 15) is 14.7 Å². The Morgan fingerprint density at radius 3 is 2.40 bits per heavy atom. The third-order valence-corrected chi connectivity index (χ3v) is 9.75. The van der Waals surface area contributed by atoms with Gasteiger partial charge in [0.1, 0.15) is 18.1 Å². The van der Waals surface area contributed by atoms with Crippen LogP contribution in [0.5, 0.6) is 23.0 Å². The number of methoxy groups -OCH3 is 1. The Balaban J connectivity index is 1.17. The number of fused-ring (bicyclic) bond motifs is 1. The van der Waals surface area contributed by atoms with Crippen LogP contribution in [0.25, 0.3) is 0 Å². The molecular formula is C33H36N2O6S. The summed E-state index contributed by atoms with van der Waals surface area (Å²) in [5.74, 6) is 1.92. The molecule has 8 nitrogen and oxygen atoms in total. The number of carbonyl (C=O) groups is 2. The summed E-state index contributed by atoms with van der Waals surface area (Å²) in [7, 11) is 1.58. The molecule has 3 aromatic rings. The zero-order valence-corrected chi connectivity index (χ0v) is 24.6. The maximum Gasteiger partial charge on any atom is 0.232 e. The van der Waals surface area contributed by atoms with E-state index in [2.05, 4.69) is 29.2 Å². The predicted molar refractivity (Wildman–Crippen MR) is 160 cm³/mol. The van der Waals surface area contributed by atoms with Gasteiger partial charge in [0.2, 0.25) is 11.8 Å². The summed E-state index contributed by atoms with van der Waals surface area (Å²) in [5.41, 5.74) is 3.49. The van der Waals surface area contributed by atoms with Gasteiger partial charge in [0, 0.05) is 35.4 Å². The van der Waals surface area contributed by atoms with Crippen LogP contribution in [0.2, 0.25) is 0 Å². The van der Waals surface area contributed by atoms with Gasteiger partial charge in [0.25, 0.3) is 0 Å². The summed E-state index contributed by atoms with van der Waals surface area (Å²) in [6, 6.07) is 19.8. The van der Waals surface area contributed by atoms with Crippen molar-refractivity contribution in [2.24, 2.45) is 0 Å². The Morgan fingerprint density at radius 2 is 1.67 bits per heavy atom. The lowest BCUT2D eigenvalue weighted by Crippen LogP contribution is -2.32. The van der Waals surface area contributed by atoms with E-state index < -0.39 is 0 Å². The molecule has 220 valence electrons. The van der Waals surface area contributed by atoms with Gasteiger partial charge >= 0.3 is 0 Å². The number of amides is 2. The van der Waals surface area contributed by atoms with Crippen molar-refractivity contribution in [1.82, 2.24) is 9.80 Å². The Labute approximate surface area is 250 Å². The highest BCUT2D eigenvalue weighted by Crippen LogP contribution is 2.56. The Morgan fingerprint density at radius 1 is 0.905 bits per heavy atom. The molecule has 1 N–H and O–H groups in total. The van der Waals surface area contributed by atoms with Crippen LogP contribution in [0.1, 0.15) is 53.5 Å². The lowest BCUT2D eigenvalue weighted by molar-refractivity contribution is -0.141. The van der Waals surface area contributed by atoms with Crippen molar-refractivity contribution in [2.75, 3.05) is 40.1 Å². The summed E-state index contributed by atoms with van der Waals surface area (Å²) in [5, 5.41) is 10.3. The van der Waals surface area contributed by atoms with Crippen LogP contribution in [0.15, 0.2) is 65.6 Å². The number of hydrogen-bond donors (Lipinski definition) is 1. The first-order chi connectivity index (χ1) is 20.5. The van der Waals surface area contributed by atoms with Crippen LogP contribution in [0, 0.1) is 0 Å². The second kappa shape index (κ2) is 12.7. The molecule has 2 fully saturated rings. The van der Waals surface area contributed by atoms with Crippen LogP contribution in [0.3, 0.4) is 0 Å². The minimum atomic E-state index is -0.216. The highest BCUT2D eigenvalue weighted by atomic mass is 32.2. The molecule has 0 radical (unpaired) electrons. The number of imide groups is 1. The molecule has 6 rings (SSSR count). The number of rotatable bonds is 11. The molecule has 3 aliphatic rings. The first kappa shape index (κ1) is 28.4. The summed E-state index contributed by atoms with van der Waals surface area (Å²) in [6.07, 6.45) is 3.77. The van der Waals surface area contributed by atoms with Gasteiger partial charge in [-0.05, 0) is 85.4 Å². The van der Waals surface area contributed by atoms with Crippen LogP contribution < -0.4 is 14.2 Å². The third-order valence-electron chi connectivity index (χ3n) is 8.29. The number of benzene rings is 3. The minimum absolute atomic E-state index is 0.121. The number of carbonyl (C=O) groups excluding carboxylic acids is 2. The largest absolute Gasteiger partial charge is 0.508 e. The second-order valence-electron chi connectivity index (χ2n) is 11.0. The van der Waals surface area contributed by atoms with E-state index >= 15 is 0 Å². The van der Waals surface area contributed by atoms with Gasteiger partial charge in [-0.1, -0.05) is 24.3 Å². The van der Waals surface area contributed by atoms with Gasteiger partial charge in [-0.15, -0.1) is 11.8 Å². The molecule has 2 atom stereocenters. The van der Waals surface area contributed by atoms with E-state index in [1.165, 1.54) is 37.1 Å². The van der Waals surface area contributed by atoms with Gasteiger partial charge in [-0.3, -0.25) is 14.5 Å². The fourth-order valence-corrected chi connectivity index (χ4v) is 7.51.